The summed E-state index contributed by atoms with van der Waals surface area (Å²) in [4.78, 5) is 43.2. The van der Waals surface area contributed by atoms with Gasteiger partial charge >= 0.3 is 5.97 Å². The molecule has 3 fully saturated rings. The van der Waals surface area contributed by atoms with E-state index in [-0.39, 0.29) is 24.5 Å². The van der Waals surface area contributed by atoms with Crippen LogP contribution in [0.5, 0.6) is 0 Å². The third kappa shape index (κ3) is 3.90. The molecule has 7 nitrogen and oxygen atoms in total. The average molecular weight is 453 g/mol. The number of carbonyl (C=O) groups excluding carboxylic acids is 2. The summed E-state index contributed by atoms with van der Waals surface area (Å²) in [7, 11) is 0. The van der Waals surface area contributed by atoms with E-state index in [2.05, 4.69) is 6.58 Å². The first-order chi connectivity index (χ1) is 14.6. The molecule has 0 aromatic rings. The van der Waals surface area contributed by atoms with Crippen molar-refractivity contribution in [1.29, 1.82) is 0 Å². The molecule has 3 rings (SSSR count). The topological polar surface area (TPSA) is 98.2 Å². The summed E-state index contributed by atoms with van der Waals surface area (Å²) in [5, 5.41) is 19.0. The molecule has 5 atom stereocenters. The lowest BCUT2D eigenvalue weighted by atomic mass is 9.66. The Labute approximate surface area is 189 Å². The van der Waals surface area contributed by atoms with Gasteiger partial charge in [-0.05, 0) is 46.5 Å². The molecule has 2 amide bonds. The summed E-state index contributed by atoms with van der Waals surface area (Å²) in [6.07, 6.45) is 6.27. The second-order valence-electron chi connectivity index (χ2n) is 9.61. The molecule has 3 saturated heterocycles. The summed E-state index contributed by atoms with van der Waals surface area (Å²) in [5.41, 5.74) is 0. The van der Waals surface area contributed by atoms with Crippen molar-refractivity contribution in [1.82, 2.24) is 9.80 Å². The molecule has 0 aromatic heterocycles. The number of fused-ring (bicyclic) bond motifs is 1. The van der Waals surface area contributed by atoms with Gasteiger partial charge in [0.1, 0.15) is 6.04 Å². The monoisotopic (exact) mass is 452 g/mol. The number of thioether (sulfide) groups is 1. The number of nitrogens with zero attached hydrogens (tertiary/aromatic N) is 2. The molecular weight excluding hydrogens is 416 g/mol. The van der Waals surface area contributed by atoms with Crippen molar-refractivity contribution < 1.29 is 24.6 Å². The quantitative estimate of drug-likeness (QED) is 0.369. The van der Waals surface area contributed by atoms with Crippen LogP contribution < -0.4 is 0 Å². The normalized spacial score (nSPS) is 33.8. The molecule has 8 heteroatoms. The first kappa shape index (κ1) is 24.1. The molecular formula is C23H36N2O5S. The van der Waals surface area contributed by atoms with Crippen molar-refractivity contribution >= 4 is 29.5 Å². The number of aliphatic hydroxyl groups excluding tert-OH is 1. The number of carbonyl (C=O) groups is 3. The van der Waals surface area contributed by atoms with Gasteiger partial charge in [-0.2, -0.15) is 0 Å². The molecule has 2 bridgehead atoms. The zero-order valence-corrected chi connectivity index (χ0v) is 19.7. The van der Waals surface area contributed by atoms with E-state index >= 15 is 0 Å². The largest absolute Gasteiger partial charge is 0.481 e. The van der Waals surface area contributed by atoms with Gasteiger partial charge in [-0.25, -0.2) is 0 Å². The Morgan fingerprint density at radius 2 is 1.97 bits per heavy atom. The van der Waals surface area contributed by atoms with Crippen LogP contribution in [-0.2, 0) is 14.4 Å². The highest BCUT2D eigenvalue weighted by molar-refractivity contribution is 8.02. The van der Waals surface area contributed by atoms with Crippen molar-refractivity contribution in [3.05, 3.63) is 12.7 Å². The summed E-state index contributed by atoms with van der Waals surface area (Å²) in [6.45, 7) is 10.6. The Bertz CT molecular complexity index is 743. The van der Waals surface area contributed by atoms with Gasteiger partial charge in [-0.3, -0.25) is 14.4 Å². The standard InChI is InChI=1S/C23H36N2O5S/c1-5-12-24(15(2)3)20(28)18-23-11-10-22(4,31-23)17(21(29)30)16(23)19(27)25(18)13-8-6-7-9-14-26/h5,15-18,26H,1,6-14H2,2-4H3,(H,29,30)/t16-,17+,18?,22-,23?/m0/s1. The highest BCUT2D eigenvalue weighted by Crippen LogP contribution is 2.71. The number of hydrogen-bond acceptors (Lipinski definition) is 5. The van der Waals surface area contributed by atoms with E-state index in [4.69, 9.17) is 5.11 Å². The maximum Gasteiger partial charge on any atom is 0.308 e. The third-order valence-corrected chi connectivity index (χ3v) is 9.30. The van der Waals surface area contributed by atoms with E-state index in [1.807, 2.05) is 20.8 Å². The summed E-state index contributed by atoms with van der Waals surface area (Å²) in [5.74, 6) is -2.62. The third-order valence-electron chi connectivity index (χ3n) is 7.32. The highest BCUT2D eigenvalue weighted by Gasteiger charge is 2.77. The van der Waals surface area contributed by atoms with E-state index in [1.165, 1.54) is 0 Å². The number of unbranched alkanes of at least 4 members (excludes halogenated alkanes) is 3. The molecule has 3 heterocycles. The predicted octanol–water partition coefficient (Wildman–Crippen LogP) is 2.53. The minimum Gasteiger partial charge on any atom is -0.481 e. The SMILES string of the molecule is C=CCN(C(=O)C1N(CCCCCCO)C(=O)[C@@H]2[C@H](C(=O)O)[C@]3(C)CCC12S3)C(C)C. The van der Waals surface area contributed by atoms with Gasteiger partial charge in [-0.15, -0.1) is 18.3 Å². The smallest absolute Gasteiger partial charge is 0.308 e. The highest BCUT2D eigenvalue weighted by atomic mass is 32.2. The van der Waals surface area contributed by atoms with Gasteiger partial charge in [0.25, 0.3) is 0 Å². The molecule has 31 heavy (non-hydrogen) atoms. The van der Waals surface area contributed by atoms with Crippen LogP contribution in [0.3, 0.4) is 0 Å². The van der Waals surface area contributed by atoms with Crippen molar-refractivity contribution in [3.8, 4) is 0 Å². The van der Waals surface area contributed by atoms with Crippen molar-refractivity contribution in [3.63, 3.8) is 0 Å². The number of likely N-dealkylation sites (tertiary alicyclic amines) is 1. The fourth-order valence-electron chi connectivity index (χ4n) is 5.92. The Balaban J connectivity index is 1.96. The lowest BCUT2D eigenvalue weighted by Crippen LogP contribution is -2.56. The maximum atomic E-state index is 13.9. The molecule has 0 radical (unpaired) electrons. The second kappa shape index (κ2) is 9.14. The number of aliphatic carboxylic acids is 1. The van der Waals surface area contributed by atoms with E-state index in [0.717, 1.165) is 25.7 Å². The van der Waals surface area contributed by atoms with Gasteiger partial charge in [0.15, 0.2) is 0 Å². The number of carboxylic acids is 1. The number of rotatable bonds is 11. The number of amides is 2. The summed E-state index contributed by atoms with van der Waals surface area (Å²) in [6, 6.07) is -0.682. The number of hydrogen-bond donors (Lipinski definition) is 2. The minimum atomic E-state index is -0.933. The van der Waals surface area contributed by atoms with Crippen LogP contribution in [0.1, 0.15) is 59.3 Å². The van der Waals surface area contributed by atoms with E-state index in [9.17, 15) is 19.5 Å². The zero-order chi connectivity index (χ0) is 23.0. The molecule has 3 aliphatic heterocycles. The molecule has 0 aromatic carbocycles. The first-order valence-corrected chi connectivity index (χ1v) is 12.2. The molecule has 3 aliphatic rings. The van der Waals surface area contributed by atoms with Crippen LogP contribution in [-0.4, -0.2) is 79.1 Å². The Kier molecular flexibility index (Phi) is 7.11. The number of carboxylic acid groups (broad SMARTS) is 1. The van der Waals surface area contributed by atoms with Gasteiger partial charge in [0.05, 0.1) is 16.6 Å². The fraction of sp³-hybridized carbons (Fsp3) is 0.783. The average Bonchev–Trinajstić information content (AvgIpc) is 3.26. The van der Waals surface area contributed by atoms with Crippen molar-refractivity contribution in [2.24, 2.45) is 11.8 Å². The van der Waals surface area contributed by atoms with Crippen molar-refractivity contribution in [2.45, 2.75) is 80.9 Å². The molecule has 2 N–H and O–H groups in total. The van der Waals surface area contributed by atoms with Crippen LogP contribution >= 0.6 is 11.8 Å². The molecule has 2 unspecified atom stereocenters. The second-order valence-corrected chi connectivity index (χ2v) is 11.5. The van der Waals surface area contributed by atoms with E-state index in [1.54, 1.807) is 27.6 Å². The molecule has 174 valence electrons. The first-order valence-electron chi connectivity index (χ1n) is 11.4. The van der Waals surface area contributed by atoms with Crippen LogP contribution in [0.2, 0.25) is 0 Å². The van der Waals surface area contributed by atoms with Crippen LogP contribution in [0, 0.1) is 11.8 Å². The number of aliphatic hydroxyl groups is 1. The molecule has 1 spiro atoms. The van der Waals surface area contributed by atoms with Gasteiger partial charge < -0.3 is 20.0 Å². The lowest BCUT2D eigenvalue weighted by Gasteiger charge is -2.38. The lowest BCUT2D eigenvalue weighted by molar-refractivity contribution is -0.150. The summed E-state index contributed by atoms with van der Waals surface area (Å²) < 4.78 is -1.19. The van der Waals surface area contributed by atoms with Crippen molar-refractivity contribution in [2.75, 3.05) is 19.7 Å². The maximum absolute atomic E-state index is 13.9. The van der Waals surface area contributed by atoms with E-state index in [0.29, 0.717) is 25.9 Å². The Hall–Kier alpha value is -1.54. The predicted molar refractivity (Wildman–Crippen MR) is 121 cm³/mol. The molecule has 0 aliphatic carbocycles. The van der Waals surface area contributed by atoms with Crippen LogP contribution in [0.15, 0.2) is 12.7 Å². The van der Waals surface area contributed by atoms with Gasteiger partial charge in [0.2, 0.25) is 11.8 Å². The zero-order valence-electron chi connectivity index (χ0n) is 18.9. The van der Waals surface area contributed by atoms with E-state index < -0.39 is 33.3 Å². The fourth-order valence-corrected chi connectivity index (χ4v) is 8.26. The summed E-state index contributed by atoms with van der Waals surface area (Å²) >= 11 is 1.58. The van der Waals surface area contributed by atoms with Gasteiger partial charge in [0, 0.05) is 30.5 Å². The van der Waals surface area contributed by atoms with Crippen LogP contribution in [0.25, 0.3) is 0 Å². The Morgan fingerprint density at radius 3 is 2.55 bits per heavy atom. The molecule has 0 saturated carbocycles. The minimum absolute atomic E-state index is 0.0445. The van der Waals surface area contributed by atoms with Crippen LogP contribution in [0.4, 0.5) is 0 Å². The van der Waals surface area contributed by atoms with Gasteiger partial charge in [-0.1, -0.05) is 18.9 Å². The Morgan fingerprint density at radius 1 is 1.29 bits per heavy atom.